The molecule has 0 atom stereocenters. The lowest BCUT2D eigenvalue weighted by Gasteiger charge is -2.24. The molecule has 0 saturated heterocycles. The third-order valence-electron chi connectivity index (χ3n) is 4.42. The van der Waals surface area contributed by atoms with E-state index >= 15 is 0 Å². The smallest absolute Gasteiger partial charge is 0.227 e. The van der Waals surface area contributed by atoms with E-state index in [1.54, 1.807) is 7.05 Å². The summed E-state index contributed by atoms with van der Waals surface area (Å²) in [6.45, 7) is 1.61. The second-order valence-corrected chi connectivity index (χ2v) is 7.36. The number of unbranched alkanes of at least 4 members (excludes halogenated alkanes) is 1. The van der Waals surface area contributed by atoms with Crippen LogP contribution < -0.4 is 16.0 Å². The van der Waals surface area contributed by atoms with Crippen LogP contribution in [0.3, 0.4) is 0 Å². The summed E-state index contributed by atoms with van der Waals surface area (Å²) in [4.78, 5) is 16.3. The summed E-state index contributed by atoms with van der Waals surface area (Å²) in [6.07, 6.45) is 7.71. The van der Waals surface area contributed by atoms with Gasteiger partial charge in [-0.25, -0.2) is 0 Å². The number of amides is 1. The maximum atomic E-state index is 12.1. The van der Waals surface area contributed by atoms with Gasteiger partial charge >= 0.3 is 0 Å². The van der Waals surface area contributed by atoms with E-state index in [0.717, 1.165) is 43.0 Å². The lowest BCUT2D eigenvalue weighted by Crippen LogP contribution is -2.37. The number of thioether (sulfide) groups is 1. The molecule has 1 saturated carbocycles. The van der Waals surface area contributed by atoms with E-state index in [9.17, 15) is 4.79 Å². The molecule has 1 amide bonds. The van der Waals surface area contributed by atoms with Crippen molar-refractivity contribution in [2.45, 2.75) is 38.6 Å². The van der Waals surface area contributed by atoms with Gasteiger partial charge in [0.1, 0.15) is 0 Å². The molecule has 0 heterocycles. The van der Waals surface area contributed by atoms with Crippen LogP contribution in [0.2, 0.25) is 0 Å². The van der Waals surface area contributed by atoms with E-state index < -0.39 is 0 Å². The van der Waals surface area contributed by atoms with Crippen molar-refractivity contribution in [3.8, 4) is 0 Å². The third kappa shape index (κ3) is 6.98. The monoisotopic (exact) mass is 362 g/mol. The zero-order chi connectivity index (χ0) is 17.9. The number of hydrogen-bond donors (Lipinski definition) is 3. The van der Waals surface area contributed by atoms with Crippen molar-refractivity contribution in [2.24, 2.45) is 10.9 Å². The van der Waals surface area contributed by atoms with Crippen LogP contribution in [0.1, 0.15) is 37.7 Å². The van der Waals surface area contributed by atoms with Gasteiger partial charge in [0.05, 0.1) is 0 Å². The maximum Gasteiger partial charge on any atom is 0.227 e. The Hall–Kier alpha value is -1.69. The number of aliphatic imine (C=N–C) groups is 1. The molecule has 1 aromatic rings. The molecule has 1 aromatic carbocycles. The second kappa shape index (κ2) is 11.0. The van der Waals surface area contributed by atoms with Crippen molar-refractivity contribution in [3.05, 3.63) is 29.8 Å². The summed E-state index contributed by atoms with van der Waals surface area (Å²) in [5.74, 6) is 2.37. The van der Waals surface area contributed by atoms with E-state index in [0.29, 0.717) is 6.54 Å². The van der Waals surface area contributed by atoms with Gasteiger partial charge in [-0.05, 0) is 55.4 Å². The quantitative estimate of drug-likeness (QED) is 0.358. The summed E-state index contributed by atoms with van der Waals surface area (Å²) in [5, 5.41) is 9.68. The molecule has 138 valence electrons. The summed E-state index contributed by atoms with van der Waals surface area (Å²) < 4.78 is 0. The minimum absolute atomic E-state index is 0.152. The summed E-state index contributed by atoms with van der Waals surface area (Å²) in [7, 11) is 1.78. The SMILES string of the molecule is CN=C(NCCCCSC)NCc1cccc(NC(=O)C2CCC2)c1. The molecule has 0 aromatic heterocycles. The van der Waals surface area contributed by atoms with Crippen LogP contribution in [0, 0.1) is 5.92 Å². The lowest BCUT2D eigenvalue weighted by molar-refractivity contribution is -0.122. The summed E-state index contributed by atoms with van der Waals surface area (Å²) >= 11 is 1.88. The fraction of sp³-hybridized carbons (Fsp3) is 0.579. The molecular formula is C19H30N4OS. The zero-order valence-corrected chi connectivity index (χ0v) is 16.1. The molecular weight excluding hydrogens is 332 g/mol. The first kappa shape index (κ1) is 19.6. The van der Waals surface area contributed by atoms with Crippen LogP contribution in [0.4, 0.5) is 5.69 Å². The molecule has 0 radical (unpaired) electrons. The Kier molecular flexibility index (Phi) is 8.66. The number of guanidine groups is 1. The van der Waals surface area contributed by atoms with Gasteiger partial charge in [-0.3, -0.25) is 9.79 Å². The van der Waals surface area contributed by atoms with E-state index in [1.807, 2.05) is 30.0 Å². The molecule has 3 N–H and O–H groups in total. The third-order valence-corrected chi connectivity index (χ3v) is 5.12. The molecule has 5 nitrogen and oxygen atoms in total. The molecule has 6 heteroatoms. The standard InChI is InChI=1S/C19H30N4OS/c1-20-19(21-11-3-4-12-25-2)22-14-15-7-5-10-17(13-15)23-18(24)16-8-6-9-16/h5,7,10,13,16H,3-4,6,8-9,11-12,14H2,1-2H3,(H,23,24)(H2,20,21,22). The number of nitrogens with one attached hydrogen (secondary N) is 3. The van der Waals surface area contributed by atoms with Crippen molar-refractivity contribution < 1.29 is 4.79 Å². The number of benzene rings is 1. The lowest BCUT2D eigenvalue weighted by atomic mass is 9.85. The van der Waals surface area contributed by atoms with Crippen LogP contribution in [0.5, 0.6) is 0 Å². The normalized spacial score (nSPS) is 14.7. The molecule has 2 rings (SSSR count). The number of rotatable bonds is 9. The van der Waals surface area contributed by atoms with E-state index in [-0.39, 0.29) is 11.8 Å². The summed E-state index contributed by atoms with van der Waals surface area (Å²) in [6, 6.07) is 8.00. The van der Waals surface area contributed by atoms with Crippen molar-refractivity contribution in [3.63, 3.8) is 0 Å². The van der Waals surface area contributed by atoms with Gasteiger partial charge in [-0.1, -0.05) is 18.6 Å². The Labute approximate surface area is 155 Å². The molecule has 0 unspecified atom stereocenters. The number of carbonyl (C=O) groups is 1. The first-order chi connectivity index (χ1) is 12.2. The number of hydrogen-bond acceptors (Lipinski definition) is 3. The average molecular weight is 363 g/mol. The molecule has 1 aliphatic carbocycles. The van der Waals surface area contributed by atoms with Crippen LogP contribution in [-0.4, -0.2) is 37.5 Å². The minimum atomic E-state index is 0.152. The number of nitrogens with zero attached hydrogens (tertiary/aromatic N) is 1. The highest BCUT2D eigenvalue weighted by atomic mass is 32.2. The molecule has 0 bridgehead atoms. The van der Waals surface area contributed by atoms with Gasteiger partial charge < -0.3 is 16.0 Å². The summed E-state index contributed by atoms with van der Waals surface area (Å²) in [5.41, 5.74) is 1.99. The second-order valence-electron chi connectivity index (χ2n) is 6.37. The first-order valence-electron chi connectivity index (χ1n) is 9.06. The zero-order valence-electron chi connectivity index (χ0n) is 15.3. The van der Waals surface area contributed by atoms with Gasteiger partial charge in [-0.15, -0.1) is 0 Å². The van der Waals surface area contributed by atoms with E-state index in [1.165, 1.54) is 18.6 Å². The predicted octanol–water partition coefficient (Wildman–Crippen LogP) is 3.23. The Bertz CT molecular complexity index is 572. The van der Waals surface area contributed by atoms with Gasteiger partial charge in [0.2, 0.25) is 5.91 Å². The van der Waals surface area contributed by atoms with Crippen LogP contribution >= 0.6 is 11.8 Å². The highest BCUT2D eigenvalue weighted by Crippen LogP contribution is 2.27. The molecule has 0 aliphatic heterocycles. The van der Waals surface area contributed by atoms with Crippen LogP contribution in [-0.2, 0) is 11.3 Å². The maximum absolute atomic E-state index is 12.1. The van der Waals surface area contributed by atoms with Gasteiger partial charge in [0, 0.05) is 31.7 Å². The highest BCUT2D eigenvalue weighted by Gasteiger charge is 2.25. The van der Waals surface area contributed by atoms with Gasteiger partial charge in [0.25, 0.3) is 0 Å². The number of carbonyl (C=O) groups excluding carboxylic acids is 1. The Balaban J connectivity index is 1.75. The largest absolute Gasteiger partial charge is 0.356 e. The van der Waals surface area contributed by atoms with Crippen molar-refractivity contribution in [2.75, 3.05) is 30.9 Å². The van der Waals surface area contributed by atoms with Crippen LogP contribution in [0.15, 0.2) is 29.3 Å². The van der Waals surface area contributed by atoms with Gasteiger partial charge in [0.15, 0.2) is 5.96 Å². The minimum Gasteiger partial charge on any atom is -0.356 e. The Morgan fingerprint density at radius 2 is 2.12 bits per heavy atom. The van der Waals surface area contributed by atoms with E-state index in [4.69, 9.17) is 0 Å². The van der Waals surface area contributed by atoms with E-state index in [2.05, 4.69) is 33.3 Å². The fourth-order valence-corrected chi connectivity index (χ4v) is 3.15. The predicted molar refractivity (Wildman–Crippen MR) is 108 cm³/mol. The Morgan fingerprint density at radius 3 is 2.80 bits per heavy atom. The first-order valence-corrected chi connectivity index (χ1v) is 10.5. The Morgan fingerprint density at radius 1 is 1.28 bits per heavy atom. The number of anilines is 1. The topological polar surface area (TPSA) is 65.5 Å². The molecule has 1 aliphatic rings. The molecule has 25 heavy (non-hydrogen) atoms. The van der Waals surface area contributed by atoms with Crippen molar-refractivity contribution in [1.29, 1.82) is 0 Å². The average Bonchev–Trinajstić information content (AvgIpc) is 2.56. The molecule has 0 spiro atoms. The highest BCUT2D eigenvalue weighted by molar-refractivity contribution is 7.98. The van der Waals surface area contributed by atoms with Crippen molar-refractivity contribution >= 4 is 29.3 Å². The van der Waals surface area contributed by atoms with Gasteiger partial charge in [-0.2, -0.15) is 11.8 Å². The molecule has 1 fully saturated rings. The van der Waals surface area contributed by atoms with Crippen molar-refractivity contribution in [1.82, 2.24) is 10.6 Å². The van der Waals surface area contributed by atoms with Crippen LogP contribution in [0.25, 0.3) is 0 Å². The fourth-order valence-electron chi connectivity index (χ4n) is 2.66.